The van der Waals surface area contributed by atoms with E-state index < -0.39 is 4.92 Å². The van der Waals surface area contributed by atoms with E-state index in [1.54, 1.807) is 12.1 Å². The third-order valence-corrected chi connectivity index (χ3v) is 2.83. The molecule has 0 saturated carbocycles. The van der Waals surface area contributed by atoms with E-state index in [-0.39, 0.29) is 5.69 Å². The van der Waals surface area contributed by atoms with E-state index in [0.717, 1.165) is 6.42 Å². The van der Waals surface area contributed by atoms with E-state index in [1.165, 1.54) is 18.5 Å². The minimum Gasteiger partial charge on any atom is -0.379 e. The Morgan fingerprint density at radius 3 is 3.00 bits per heavy atom. The predicted octanol–water partition coefficient (Wildman–Crippen LogP) is 2.54. The Bertz CT molecular complexity index is 645. The molecular formula is C14H16N4O3. The van der Waals surface area contributed by atoms with Crippen LogP contribution in [0.25, 0.3) is 10.9 Å². The molecule has 0 aliphatic rings. The zero-order valence-electron chi connectivity index (χ0n) is 11.5. The number of nitro benzene ring substituents is 1. The first-order valence-corrected chi connectivity index (χ1v) is 6.54. The van der Waals surface area contributed by atoms with Crippen LogP contribution >= 0.6 is 0 Å². The average Bonchev–Trinajstić information content (AvgIpc) is 2.50. The maximum Gasteiger partial charge on any atom is 0.270 e. The van der Waals surface area contributed by atoms with Gasteiger partial charge in [-0.3, -0.25) is 10.1 Å². The van der Waals surface area contributed by atoms with Crippen molar-refractivity contribution in [3.63, 3.8) is 0 Å². The van der Waals surface area contributed by atoms with Crippen molar-refractivity contribution >= 4 is 22.4 Å². The molecule has 0 atom stereocenters. The molecule has 0 amide bonds. The standard InChI is InChI=1S/C14H16N4O3/c1-2-3-7-21-8-6-15-14-12-9-11(18(19)20)4-5-13(12)16-10-17-14/h2,4-5,9-10H,1,3,6-8H2,(H,15,16,17). The molecule has 21 heavy (non-hydrogen) atoms. The van der Waals surface area contributed by atoms with Gasteiger partial charge in [-0.1, -0.05) is 6.08 Å². The molecule has 0 saturated heterocycles. The topological polar surface area (TPSA) is 90.2 Å². The van der Waals surface area contributed by atoms with E-state index in [2.05, 4.69) is 21.9 Å². The first-order valence-electron chi connectivity index (χ1n) is 6.54. The van der Waals surface area contributed by atoms with Gasteiger partial charge in [0.05, 0.1) is 23.7 Å². The third-order valence-electron chi connectivity index (χ3n) is 2.83. The van der Waals surface area contributed by atoms with Crippen LogP contribution in [0.2, 0.25) is 0 Å². The molecule has 1 heterocycles. The van der Waals surface area contributed by atoms with Crippen molar-refractivity contribution in [3.05, 3.63) is 47.3 Å². The van der Waals surface area contributed by atoms with Gasteiger partial charge in [0.25, 0.3) is 5.69 Å². The van der Waals surface area contributed by atoms with Crippen molar-refractivity contribution in [1.82, 2.24) is 9.97 Å². The van der Waals surface area contributed by atoms with Gasteiger partial charge in [0.15, 0.2) is 0 Å². The van der Waals surface area contributed by atoms with Gasteiger partial charge in [-0.15, -0.1) is 6.58 Å². The van der Waals surface area contributed by atoms with E-state index in [4.69, 9.17) is 4.74 Å². The number of aromatic nitrogens is 2. The Kier molecular flexibility index (Phi) is 5.16. The summed E-state index contributed by atoms with van der Waals surface area (Å²) in [5.74, 6) is 0.566. The Morgan fingerprint density at radius 1 is 1.38 bits per heavy atom. The number of fused-ring (bicyclic) bond motifs is 1. The molecule has 0 aliphatic heterocycles. The zero-order chi connectivity index (χ0) is 15.1. The van der Waals surface area contributed by atoms with Crippen LogP contribution in [0, 0.1) is 10.1 Å². The number of hydrogen-bond acceptors (Lipinski definition) is 6. The highest BCUT2D eigenvalue weighted by molar-refractivity contribution is 5.90. The highest BCUT2D eigenvalue weighted by Crippen LogP contribution is 2.23. The lowest BCUT2D eigenvalue weighted by Gasteiger charge is -2.08. The fourth-order valence-corrected chi connectivity index (χ4v) is 1.81. The number of hydrogen-bond donors (Lipinski definition) is 1. The molecule has 1 N–H and O–H groups in total. The minimum atomic E-state index is -0.436. The largest absolute Gasteiger partial charge is 0.379 e. The monoisotopic (exact) mass is 288 g/mol. The smallest absolute Gasteiger partial charge is 0.270 e. The lowest BCUT2D eigenvalue weighted by Crippen LogP contribution is -2.11. The quantitative estimate of drug-likeness (QED) is 0.347. The number of non-ortho nitro benzene ring substituents is 1. The summed E-state index contributed by atoms with van der Waals surface area (Å²) in [5, 5.41) is 14.6. The lowest BCUT2D eigenvalue weighted by molar-refractivity contribution is -0.384. The molecule has 0 unspecified atom stereocenters. The third kappa shape index (κ3) is 3.96. The summed E-state index contributed by atoms with van der Waals surface area (Å²) in [6, 6.07) is 4.51. The van der Waals surface area contributed by atoms with Crippen LogP contribution in [0.5, 0.6) is 0 Å². The maximum atomic E-state index is 10.8. The second-order valence-electron chi connectivity index (χ2n) is 4.30. The first-order chi connectivity index (χ1) is 10.2. The van der Waals surface area contributed by atoms with Gasteiger partial charge in [-0.05, 0) is 12.5 Å². The van der Waals surface area contributed by atoms with E-state index in [0.29, 0.717) is 36.5 Å². The maximum absolute atomic E-state index is 10.8. The van der Waals surface area contributed by atoms with Crippen LogP contribution in [-0.2, 0) is 4.74 Å². The molecule has 0 aliphatic carbocycles. The van der Waals surface area contributed by atoms with Crippen molar-refractivity contribution in [2.75, 3.05) is 25.1 Å². The molecule has 1 aromatic heterocycles. The fourth-order valence-electron chi connectivity index (χ4n) is 1.81. The van der Waals surface area contributed by atoms with E-state index in [9.17, 15) is 10.1 Å². The van der Waals surface area contributed by atoms with E-state index in [1.807, 2.05) is 0 Å². The zero-order valence-corrected chi connectivity index (χ0v) is 11.5. The summed E-state index contributed by atoms with van der Waals surface area (Å²) in [4.78, 5) is 18.6. The number of nitro groups is 1. The summed E-state index contributed by atoms with van der Waals surface area (Å²) in [5.41, 5.74) is 0.674. The minimum absolute atomic E-state index is 0.0163. The number of nitrogens with one attached hydrogen (secondary N) is 1. The molecule has 7 heteroatoms. The Balaban J connectivity index is 2.06. The second-order valence-corrected chi connectivity index (χ2v) is 4.30. The van der Waals surface area contributed by atoms with Crippen LogP contribution in [0.3, 0.4) is 0 Å². The van der Waals surface area contributed by atoms with Crippen LogP contribution in [0.1, 0.15) is 6.42 Å². The molecular weight excluding hydrogens is 272 g/mol. The first kappa shape index (κ1) is 14.9. The van der Waals surface area contributed by atoms with Gasteiger partial charge in [-0.2, -0.15) is 0 Å². The van der Waals surface area contributed by atoms with Crippen molar-refractivity contribution < 1.29 is 9.66 Å². The summed E-state index contributed by atoms with van der Waals surface area (Å²) < 4.78 is 5.38. The van der Waals surface area contributed by atoms with Gasteiger partial charge in [-0.25, -0.2) is 9.97 Å². The Hall–Kier alpha value is -2.54. The second kappa shape index (κ2) is 7.30. The normalized spacial score (nSPS) is 10.5. The van der Waals surface area contributed by atoms with Crippen LogP contribution in [0.15, 0.2) is 37.2 Å². The van der Waals surface area contributed by atoms with Crippen molar-refractivity contribution in [3.8, 4) is 0 Å². The molecule has 110 valence electrons. The van der Waals surface area contributed by atoms with Gasteiger partial charge >= 0.3 is 0 Å². The average molecular weight is 288 g/mol. The molecule has 0 fully saturated rings. The van der Waals surface area contributed by atoms with Crippen molar-refractivity contribution in [1.29, 1.82) is 0 Å². The molecule has 1 aromatic carbocycles. The molecule has 0 radical (unpaired) electrons. The predicted molar refractivity (Wildman–Crippen MR) is 80.3 cm³/mol. The molecule has 0 bridgehead atoms. The summed E-state index contributed by atoms with van der Waals surface area (Å²) in [6.45, 7) is 5.32. The molecule has 0 spiro atoms. The van der Waals surface area contributed by atoms with Gasteiger partial charge < -0.3 is 10.1 Å². The van der Waals surface area contributed by atoms with Crippen LogP contribution < -0.4 is 5.32 Å². The highest BCUT2D eigenvalue weighted by Gasteiger charge is 2.10. The molecule has 2 rings (SSSR count). The number of benzene rings is 1. The lowest BCUT2D eigenvalue weighted by atomic mass is 10.2. The van der Waals surface area contributed by atoms with Crippen molar-refractivity contribution in [2.24, 2.45) is 0 Å². The van der Waals surface area contributed by atoms with Crippen molar-refractivity contribution in [2.45, 2.75) is 6.42 Å². The number of nitrogens with zero attached hydrogens (tertiary/aromatic N) is 3. The molecule has 7 nitrogen and oxygen atoms in total. The summed E-state index contributed by atoms with van der Waals surface area (Å²) in [7, 11) is 0. The number of rotatable bonds is 8. The SMILES string of the molecule is C=CCCOCCNc1ncnc2ccc([N+](=O)[O-])cc12. The molecule has 2 aromatic rings. The van der Waals surface area contributed by atoms with Crippen LogP contribution in [0.4, 0.5) is 11.5 Å². The fraction of sp³-hybridized carbons (Fsp3) is 0.286. The Labute approximate surface area is 121 Å². The summed E-state index contributed by atoms with van der Waals surface area (Å²) in [6.07, 6.45) is 4.03. The van der Waals surface area contributed by atoms with E-state index >= 15 is 0 Å². The summed E-state index contributed by atoms with van der Waals surface area (Å²) >= 11 is 0. The van der Waals surface area contributed by atoms with Crippen LogP contribution in [-0.4, -0.2) is 34.6 Å². The van der Waals surface area contributed by atoms with Gasteiger partial charge in [0.2, 0.25) is 0 Å². The van der Waals surface area contributed by atoms with Gasteiger partial charge in [0, 0.05) is 24.1 Å². The van der Waals surface area contributed by atoms with Gasteiger partial charge in [0.1, 0.15) is 12.1 Å². The Morgan fingerprint density at radius 2 is 2.24 bits per heavy atom. The number of ether oxygens (including phenoxy) is 1. The number of anilines is 1. The highest BCUT2D eigenvalue weighted by atomic mass is 16.6.